The summed E-state index contributed by atoms with van der Waals surface area (Å²) in [5.41, 5.74) is -1.23. The maximum Gasteiger partial charge on any atom is 0.335 e. The van der Waals surface area contributed by atoms with Crippen LogP contribution in [0.3, 0.4) is 0 Å². The molecule has 2 heterocycles. The molecule has 0 bridgehead atoms. The zero-order valence-corrected chi connectivity index (χ0v) is 22.1. The molecular formula is C25H15Cl2N5O7S. The number of thiocarbonyl (C=S) groups is 1. The molecule has 0 fully saturated rings. The monoisotopic (exact) mass is 599 g/mol. The minimum absolute atomic E-state index is 0.0313. The number of non-ortho nitro benzene ring substituents is 1. The number of nitrogens with zero attached hydrogens (tertiary/aromatic N) is 5. The standard InChI is InChI=1S/C25H15Cl2N5O7S/c26-19-3-1-5-21(28-19)30(16-10-13(23(34)35)9-14(11-16)24(36)37)25(40)31(22-6-2-4-20(27)29-22)17-8-7-15(32(38)39)12-18(17)33/h1-12,33H,(H,34,35)(H,36,37). The van der Waals surface area contributed by atoms with Crippen molar-refractivity contribution in [2.75, 3.05) is 9.80 Å². The molecule has 0 unspecified atom stereocenters. The van der Waals surface area contributed by atoms with E-state index in [1.54, 1.807) is 0 Å². The number of aromatic nitrogens is 2. The first-order chi connectivity index (χ1) is 19.0. The van der Waals surface area contributed by atoms with Crippen molar-refractivity contribution in [2.45, 2.75) is 0 Å². The summed E-state index contributed by atoms with van der Waals surface area (Å²) in [6.45, 7) is 0. The number of halogens is 2. The third kappa shape index (κ3) is 5.91. The molecule has 15 heteroatoms. The van der Waals surface area contributed by atoms with Crippen LogP contribution < -0.4 is 9.80 Å². The van der Waals surface area contributed by atoms with Gasteiger partial charge in [0, 0.05) is 6.07 Å². The van der Waals surface area contributed by atoms with Crippen LogP contribution in [0, 0.1) is 10.1 Å². The Labute approximate surface area is 240 Å². The molecule has 202 valence electrons. The van der Waals surface area contributed by atoms with Crippen LogP contribution in [-0.2, 0) is 0 Å². The topological polar surface area (TPSA) is 170 Å². The number of nitro benzene ring substituents is 1. The zero-order chi connectivity index (χ0) is 29.1. The third-order valence-corrected chi connectivity index (χ3v) is 6.11. The van der Waals surface area contributed by atoms with Gasteiger partial charge in [-0.05, 0) is 60.7 Å². The van der Waals surface area contributed by atoms with Gasteiger partial charge in [-0.3, -0.25) is 19.9 Å². The lowest BCUT2D eigenvalue weighted by molar-refractivity contribution is -0.384. The van der Waals surface area contributed by atoms with E-state index in [0.717, 1.165) is 18.2 Å². The van der Waals surface area contributed by atoms with E-state index in [4.69, 9.17) is 35.4 Å². The zero-order valence-electron chi connectivity index (χ0n) is 19.8. The lowest BCUT2D eigenvalue weighted by Crippen LogP contribution is -2.39. The van der Waals surface area contributed by atoms with Crippen LogP contribution in [0.5, 0.6) is 5.75 Å². The predicted molar refractivity (Wildman–Crippen MR) is 150 cm³/mol. The summed E-state index contributed by atoms with van der Waals surface area (Å²) in [6.07, 6.45) is 0. The summed E-state index contributed by atoms with van der Waals surface area (Å²) < 4.78 is 0. The number of benzene rings is 2. The fourth-order valence-electron chi connectivity index (χ4n) is 3.61. The summed E-state index contributed by atoms with van der Waals surface area (Å²) >= 11 is 18.1. The molecule has 3 N–H and O–H groups in total. The second-order valence-electron chi connectivity index (χ2n) is 7.90. The van der Waals surface area contributed by atoms with Crippen LogP contribution >= 0.6 is 35.4 Å². The first kappa shape index (κ1) is 28.2. The minimum Gasteiger partial charge on any atom is -0.505 e. The number of phenolic OH excluding ortho intramolecular Hbond substituents is 1. The summed E-state index contributed by atoms with van der Waals surface area (Å²) in [6, 6.07) is 15.6. The Morgan fingerprint density at radius 1 is 0.825 bits per heavy atom. The van der Waals surface area contributed by atoms with Crippen LogP contribution in [-0.4, -0.2) is 47.3 Å². The van der Waals surface area contributed by atoms with E-state index in [9.17, 15) is 35.0 Å². The summed E-state index contributed by atoms with van der Waals surface area (Å²) in [5.74, 6) is -3.26. The molecule has 4 aromatic rings. The molecule has 12 nitrogen and oxygen atoms in total. The minimum atomic E-state index is -1.41. The molecule has 0 saturated heterocycles. The third-order valence-electron chi connectivity index (χ3n) is 5.32. The van der Waals surface area contributed by atoms with Gasteiger partial charge in [0.15, 0.2) is 5.11 Å². The maximum absolute atomic E-state index is 11.9. The highest BCUT2D eigenvalue weighted by Crippen LogP contribution is 2.39. The van der Waals surface area contributed by atoms with E-state index in [1.165, 1.54) is 64.4 Å². The molecule has 0 saturated carbocycles. The molecule has 0 amide bonds. The van der Waals surface area contributed by atoms with Gasteiger partial charge >= 0.3 is 11.9 Å². The Bertz CT molecular complexity index is 1660. The quantitative estimate of drug-likeness (QED) is 0.0972. The van der Waals surface area contributed by atoms with Crippen LogP contribution in [0.25, 0.3) is 0 Å². The highest BCUT2D eigenvalue weighted by molar-refractivity contribution is 7.80. The molecule has 2 aromatic heterocycles. The number of aromatic carboxylic acids is 2. The second-order valence-corrected chi connectivity index (χ2v) is 9.04. The van der Waals surface area contributed by atoms with Crippen LogP contribution in [0.1, 0.15) is 20.7 Å². The van der Waals surface area contributed by atoms with Crippen LogP contribution in [0.15, 0.2) is 72.8 Å². The van der Waals surface area contributed by atoms with E-state index in [0.29, 0.717) is 0 Å². The predicted octanol–water partition coefficient (Wildman–Crippen LogP) is 6.05. The van der Waals surface area contributed by atoms with Crippen molar-refractivity contribution in [3.8, 4) is 5.75 Å². The number of rotatable bonds is 7. The average molecular weight is 600 g/mol. The van der Waals surface area contributed by atoms with Gasteiger partial charge in [-0.1, -0.05) is 35.3 Å². The highest BCUT2D eigenvalue weighted by Gasteiger charge is 2.29. The molecule has 0 radical (unpaired) electrons. The number of carboxylic acid groups (broad SMARTS) is 2. The summed E-state index contributed by atoms with van der Waals surface area (Å²) in [5, 5.41) is 41.2. The number of anilines is 4. The molecule has 0 atom stereocenters. The number of nitro groups is 1. The smallest absolute Gasteiger partial charge is 0.335 e. The van der Waals surface area contributed by atoms with E-state index < -0.39 is 28.3 Å². The van der Waals surface area contributed by atoms with Crippen molar-refractivity contribution in [1.29, 1.82) is 0 Å². The molecule has 40 heavy (non-hydrogen) atoms. The van der Waals surface area contributed by atoms with Gasteiger partial charge in [0.2, 0.25) is 0 Å². The van der Waals surface area contributed by atoms with Crippen molar-refractivity contribution in [2.24, 2.45) is 0 Å². The molecule has 2 aromatic carbocycles. The summed E-state index contributed by atoms with van der Waals surface area (Å²) in [4.78, 5) is 45.2. The van der Waals surface area contributed by atoms with Gasteiger partial charge < -0.3 is 15.3 Å². The van der Waals surface area contributed by atoms with Gasteiger partial charge in [-0.25, -0.2) is 19.6 Å². The van der Waals surface area contributed by atoms with Crippen molar-refractivity contribution in [3.63, 3.8) is 0 Å². The molecule has 0 aliphatic heterocycles. The first-order valence-electron chi connectivity index (χ1n) is 10.9. The van der Waals surface area contributed by atoms with E-state index in [-0.39, 0.29) is 49.6 Å². The molecule has 4 rings (SSSR count). The molecular weight excluding hydrogens is 585 g/mol. The Kier molecular flexibility index (Phi) is 8.09. The van der Waals surface area contributed by atoms with Gasteiger partial charge in [-0.2, -0.15) is 0 Å². The van der Waals surface area contributed by atoms with Gasteiger partial charge in [-0.15, -0.1) is 0 Å². The Morgan fingerprint density at radius 3 is 1.80 bits per heavy atom. The fourth-order valence-corrected chi connectivity index (χ4v) is 4.32. The number of carboxylic acids is 2. The van der Waals surface area contributed by atoms with E-state index in [1.807, 2.05) is 0 Å². The van der Waals surface area contributed by atoms with Crippen molar-refractivity contribution in [3.05, 3.63) is 104 Å². The van der Waals surface area contributed by atoms with Crippen molar-refractivity contribution >= 4 is 81.2 Å². The number of hydrogen-bond acceptors (Lipinski definition) is 8. The molecule has 0 aliphatic carbocycles. The van der Waals surface area contributed by atoms with Gasteiger partial charge in [0.05, 0.1) is 33.5 Å². The van der Waals surface area contributed by atoms with Gasteiger partial charge in [0.25, 0.3) is 5.69 Å². The van der Waals surface area contributed by atoms with Crippen molar-refractivity contribution in [1.82, 2.24) is 9.97 Å². The Hall–Kier alpha value is -4.85. The van der Waals surface area contributed by atoms with Crippen molar-refractivity contribution < 1.29 is 29.8 Å². The normalized spacial score (nSPS) is 10.6. The van der Waals surface area contributed by atoms with Crippen LogP contribution in [0.4, 0.5) is 28.7 Å². The lowest BCUT2D eigenvalue weighted by Gasteiger charge is -2.33. The fraction of sp³-hybridized carbons (Fsp3) is 0. The SMILES string of the molecule is O=C(O)c1cc(C(=O)O)cc(N(C(=S)N(c2cccc(Cl)n2)c2ccc([N+](=O)[O-])cc2O)c2cccc(Cl)n2)c1. The first-order valence-corrected chi connectivity index (χ1v) is 12.1. The average Bonchev–Trinajstić information content (AvgIpc) is 2.89. The Balaban J connectivity index is 2.01. The van der Waals surface area contributed by atoms with Crippen LogP contribution in [0.2, 0.25) is 10.3 Å². The largest absolute Gasteiger partial charge is 0.505 e. The van der Waals surface area contributed by atoms with E-state index >= 15 is 0 Å². The maximum atomic E-state index is 11.9. The lowest BCUT2D eigenvalue weighted by atomic mass is 10.1. The van der Waals surface area contributed by atoms with Gasteiger partial charge in [0.1, 0.15) is 27.7 Å². The molecule has 0 spiro atoms. The second kappa shape index (κ2) is 11.5. The Morgan fingerprint density at radius 2 is 1.35 bits per heavy atom. The number of pyridine rings is 2. The number of hydrogen-bond donors (Lipinski definition) is 3. The summed E-state index contributed by atoms with van der Waals surface area (Å²) in [7, 11) is 0. The molecule has 0 aliphatic rings. The number of carbonyl (C=O) groups is 2. The number of phenols is 1. The highest BCUT2D eigenvalue weighted by atomic mass is 35.5. The number of aromatic hydroxyl groups is 1. The van der Waals surface area contributed by atoms with E-state index in [2.05, 4.69) is 9.97 Å².